The van der Waals surface area contributed by atoms with Crippen molar-refractivity contribution in [3.05, 3.63) is 77.9 Å². The second-order valence-corrected chi connectivity index (χ2v) is 7.75. The first kappa shape index (κ1) is 19.7. The van der Waals surface area contributed by atoms with E-state index in [1.807, 2.05) is 36.4 Å². The molecule has 0 spiro atoms. The summed E-state index contributed by atoms with van der Waals surface area (Å²) in [6.07, 6.45) is 5.53. The minimum Gasteiger partial charge on any atom is -0.356 e. The molecule has 1 aliphatic carbocycles. The van der Waals surface area contributed by atoms with Crippen LogP contribution in [0.15, 0.2) is 60.9 Å². The van der Waals surface area contributed by atoms with Crippen LogP contribution < -0.4 is 10.6 Å². The molecule has 4 aromatic rings. The number of H-pyrrole nitrogens is 1. The molecule has 0 bridgehead atoms. The molecule has 1 aromatic carbocycles. The summed E-state index contributed by atoms with van der Waals surface area (Å²) in [4.78, 5) is 33.0. The highest BCUT2D eigenvalue weighted by atomic mass is 16.2. The van der Waals surface area contributed by atoms with E-state index in [0.29, 0.717) is 23.5 Å². The molecule has 0 aliphatic heterocycles. The number of nitrogens with one attached hydrogen (secondary N) is 3. The zero-order valence-corrected chi connectivity index (χ0v) is 17.6. The van der Waals surface area contributed by atoms with Gasteiger partial charge in [0.05, 0.1) is 16.9 Å². The van der Waals surface area contributed by atoms with Gasteiger partial charge in [-0.15, -0.1) is 0 Å². The highest BCUT2D eigenvalue weighted by Crippen LogP contribution is 2.39. The summed E-state index contributed by atoms with van der Waals surface area (Å²) in [6.45, 7) is 0. The van der Waals surface area contributed by atoms with Crippen LogP contribution in [0, 0.1) is 0 Å². The van der Waals surface area contributed by atoms with Gasteiger partial charge in [0.1, 0.15) is 5.82 Å². The predicted octanol–water partition coefficient (Wildman–Crippen LogP) is 4.33. The van der Waals surface area contributed by atoms with Gasteiger partial charge in [-0.3, -0.25) is 14.3 Å². The van der Waals surface area contributed by atoms with Gasteiger partial charge in [0.25, 0.3) is 5.91 Å². The summed E-state index contributed by atoms with van der Waals surface area (Å²) in [5.74, 6) is 0.200. The van der Waals surface area contributed by atoms with E-state index in [-0.39, 0.29) is 11.7 Å². The lowest BCUT2D eigenvalue weighted by atomic mass is 9.95. The number of rotatable bonds is 5. The number of fused-ring (bicyclic) bond motifs is 1. The van der Waals surface area contributed by atoms with E-state index in [1.54, 1.807) is 36.3 Å². The number of pyridine rings is 1. The fourth-order valence-electron chi connectivity index (χ4n) is 3.98. The summed E-state index contributed by atoms with van der Waals surface area (Å²) in [7, 11) is 1.76. The summed E-state index contributed by atoms with van der Waals surface area (Å²) >= 11 is 0. The summed E-state index contributed by atoms with van der Waals surface area (Å²) in [5, 5.41) is 10.3. The second kappa shape index (κ2) is 8.14. The first-order chi connectivity index (χ1) is 15.6. The van der Waals surface area contributed by atoms with Crippen molar-refractivity contribution in [2.45, 2.75) is 19.3 Å². The molecule has 3 heterocycles. The number of aryl methyl sites for hydroxylation is 2. The maximum Gasteiger partial charge on any atom is 0.277 e. The number of para-hydroxylation sites is 1. The predicted molar refractivity (Wildman–Crippen MR) is 122 cm³/mol. The molecule has 5 rings (SSSR count). The minimum atomic E-state index is -0.334. The van der Waals surface area contributed by atoms with E-state index in [0.717, 1.165) is 41.2 Å². The Morgan fingerprint density at radius 1 is 1.12 bits per heavy atom. The van der Waals surface area contributed by atoms with Gasteiger partial charge in [0, 0.05) is 42.8 Å². The number of anilines is 3. The van der Waals surface area contributed by atoms with E-state index in [1.165, 1.54) is 0 Å². The molecule has 1 aliphatic rings. The fraction of sp³-hybridized carbons (Fsp3) is 0.167. The van der Waals surface area contributed by atoms with Crippen LogP contribution in [0.4, 0.5) is 17.2 Å². The Hall–Kier alpha value is -4.20. The number of ketones is 1. The first-order valence-corrected chi connectivity index (χ1v) is 10.5. The molecule has 32 heavy (non-hydrogen) atoms. The third kappa shape index (κ3) is 3.78. The lowest BCUT2D eigenvalue weighted by Crippen LogP contribution is -2.14. The Labute approximate surface area is 184 Å². The SMILES string of the molecule is Cn1ccc(C(=O)Nc2cc(-c3[nH]c4c(c3Nc3ccccc3)C(=O)CCC4)ccn2)n1. The number of nitrogens with zero attached hydrogens (tertiary/aromatic N) is 3. The smallest absolute Gasteiger partial charge is 0.277 e. The number of Topliss-reactive ketones (excluding diaryl/α,β-unsaturated/α-hetero) is 1. The van der Waals surface area contributed by atoms with Crippen LogP contribution in [0.1, 0.15) is 39.4 Å². The Morgan fingerprint density at radius 2 is 1.97 bits per heavy atom. The van der Waals surface area contributed by atoms with Gasteiger partial charge in [-0.1, -0.05) is 18.2 Å². The Balaban J connectivity index is 1.52. The number of aromatic amines is 1. The van der Waals surface area contributed by atoms with Gasteiger partial charge in [-0.2, -0.15) is 5.10 Å². The van der Waals surface area contributed by atoms with Crippen LogP contribution in [0.3, 0.4) is 0 Å². The Bertz CT molecular complexity index is 1310. The van der Waals surface area contributed by atoms with Gasteiger partial charge < -0.3 is 15.6 Å². The monoisotopic (exact) mass is 426 g/mol. The van der Waals surface area contributed by atoms with Crippen LogP contribution in [-0.2, 0) is 13.5 Å². The van der Waals surface area contributed by atoms with Gasteiger partial charge in [-0.25, -0.2) is 4.98 Å². The van der Waals surface area contributed by atoms with Crippen molar-refractivity contribution >= 4 is 28.9 Å². The van der Waals surface area contributed by atoms with Gasteiger partial charge in [-0.05, 0) is 43.2 Å². The molecule has 0 saturated heterocycles. The van der Waals surface area contributed by atoms with Crippen LogP contribution >= 0.6 is 0 Å². The normalized spacial score (nSPS) is 13.0. The van der Waals surface area contributed by atoms with Crippen molar-refractivity contribution in [3.8, 4) is 11.3 Å². The van der Waals surface area contributed by atoms with Crippen LogP contribution in [0.2, 0.25) is 0 Å². The third-order valence-corrected chi connectivity index (χ3v) is 5.47. The lowest BCUT2D eigenvalue weighted by Gasteiger charge is -2.14. The highest BCUT2D eigenvalue weighted by Gasteiger charge is 2.27. The van der Waals surface area contributed by atoms with E-state index >= 15 is 0 Å². The zero-order valence-electron chi connectivity index (χ0n) is 17.6. The lowest BCUT2D eigenvalue weighted by molar-refractivity contribution is 0.0972. The average Bonchev–Trinajstić information content (AvgIpc) is 3.39. The number of hydrogen-bond donors (Lipinski definition) is 3. The number of benzene rings is 1. The molecule has 8 heteroatoms. The van der Waals surface area contributed by atoms with Gasteiger partial charge in [0.2, 0.25) is 0 Å². The number of carbonyl (C=O) groups excluding carboxylic acids is 2. The van der Waals surface area contributed by atoms with Crippen LogP contribution in [0.25, 0.3) is 11.3 Å². The van der Waals surface area contributed by atoms with Crippen molar-refractivity contribution < 1.29 is 9.59 Å². The molecule has 3 aromatic heterocycles. The molecule has 8 nitrogen and oxygen atoms in total. The molecular weight excluding hydrogens is 404 g/mol. The van der Waals surface area contributed by atoms with Crippen LogP contribution in [-0.4, -0.2) is 31.4 Å². The molecule has 0 radical (unpaired) electrons. The quantitative estimate of drug-likeness (QED) is 0.441. The second-order valence-electron chi connectivity index (χ2n) is 7.75. The number of hydrogen-bond acceptors (Lipinski definition) is 5. The fourth-order valence-corrected chi connectivity index (χ4v) is 3.98. The molecule has 160 valence electrons. The molecule has 0 atom stereocenters. The molecule has 0 unspecified atom stereocenters. The van der Waals surface area contributed by atoms with Crippen LogP contribution in [0.5, 0.6) is 0 Å². The van der Waals surface area contributed by atoms with Crippen molar-refractivity contribution in [3.63, 3.8) is 0 Å². The van der Waals surface area contributed by atoms with Crippen molar-refractivity contribution in [1.82, 2.24) is 19.7 Å². The van der Waals surface area contributed by atoms with E-state index in [9.17, 15) is 9.59 Å². The number of amides is 1. The van der Waals surface area contributed by atoms with E-state index in [2.05, 4.69) is 25.7 Å². The standard InChI is InChI=1S/C24H22N6O2/c1-30-13-11-18(29-30)24(32)28-20-14-15(10-12-25-20)22-23(26-16-6-3-2-4-7-16)21-17(27-22)8-5-9-19(21)31/h2-4,6-7,10-14,26-27H,5,8-9H2,1H3,(H,25,28,32). The zero-order chi connectivity index (χ0) is 22.1. The topological polar surface area (TPSA) is 105 Å². The Morgan fingerprint density at radius 3 is 2.75 bits per heavy atom. The summed E-state index contributed by atoms with van der Waals surface area (Å²) in [5.41, 5.74) is 5.22. The highest BCUT2D eigenvalue weighted by molar-refractivity contribution is 6.07. The molecule has 0 saturated carbocycles. The minimum absolute atomic E-state index is 0.130. The third-order valence-electron chi connectivity index (χ3n) is 5.47. The first-order valence-electron chi connectivity index (χ1n) is 10.5. The van der Waals surface area contributed by atoms with E-state index < -0.39 is 0 Å². The van der Waals surface area contributed by atoms with Crippen molar-refractivity contribution in [2.24, 2.45) is 7.05 Å². The maximum absolute atomic E-state index is 12.8. The summed E-state index contributed by atoms with van der Waals surface area (Å²) < 4.78 is 1.57. The molecule has 3 N–H and O–H groups in total. The van der Waals surface area contributed by atoms with Gasteiger partial charge >= 0.3 is 0 Å². The van der Waals surface area contributed by atoms with Gasteiger partial charge in [0.15, 0.2) is 11.5 Å². The van der Waals surface area contributed by atoms with Crippen molar-refractivity contribution in [1.29, 1.82) is 0 Å². The maximum atomic E-state index is 12.8. The summed E-state index contributed by atoms with van der Waals surface area (Å²) in [6, 6.07) is 15.0. The molecule has 0 fully saturated rings. The molecule has 1 amide bonds. The molecular formula is C24H22N6O2. The largest absolute Gasteiger partial charge is 0.356 e. The average molecular weight is 426 g/mol. The van der Waals surface area contributed by atoms with E-state index in [4.69, 9.17) is 0 Å². The number of carbonyl (C=O) groups is 2. The number of aromatic nitrogens is 4. The van der Waals surface area contributed by atoms with Crippen molar-refractivity contribution in [2.75, 3.05) is 10.6 Å². The Kier molecular flexibility index (Phi) is 5.03.